The summed E-state index contributed by atoms with van der Waals surface area (Å²) in [7, 11) is 0. The molecule has 5 heteroatoms. The predicted octanol–water partition coefficient (Wildman–Crippen LogP) is 2.34. The lowest BCUT2D eigenvalue weighted by atomic mass is 10.1. The van der Waals surface area contributed by atoms with Crippen molar-refractivity contribution in [3.63, 3.8) is 0 Å². The number of esters is 1. The minimum atomic E-state index is -0.366. The number of hydrogen-bond donors (Lipinski definition) is 2. The summed E-state index contributed by atoms with van der Waals surface area (Å²) in [5.74, 6) is -0.366. The van der Waals surface area contributed by atoms with Crippen molar-refractivity contribution in [2.24, 2.45) is 0 Å². The van der Waals surface area contributed by atoms with Gasteiger partial charge in [0.05, 0.1) is 12.2 Å². The van der Waals surface area contributed by atoms with E-state index >= 15 is 0 Å². The lowest BCUT2D eigenvalue weighted by Gasteiger charge is -2.23. The number of likely N-dealkylation sites (tertiary alicyclic amines) is 1. The van der Waals surface area contributed by atoms with Crippen LogP contribution >= 0.6 is 0 Å². The molecule has 0 bridgehead atoms. The van der Waals surface area contributed by atoms with Crippen LogP contribution in [0.3, 0.4) is 0 Å². The zero-order valence-corrected chi connectivity index (χ0v) is 12.9. The number of anilines is 2. The Balaban J connectivity index is 2.00. The van der Waals surface area contributed by atoms with E-state index in [9.17, 15) is 4.79 Å². The van der Waals surface area contributed by atoms with E-state index in [0.29, 0.717) is 23.9 Å². The molecule has 1 saturated heterocycles. The molecule has 1 fully saturated rings. The van der Waals surface area contributed by atoms with E-state index in [1.54, 1.807) is 19.1 Å². The molecule has 0 saturated carbocycles. The van der Waals surface area contributed by atoms with Crippen LogP contribution in [0.2, 0.25) is 0 Å². The Morgan fingerprint density at radius 2 is 2.29 bits per heavy atom. The summed E-state index contributed by atoms with van der Waals surface area (Å²) in [5.41, 5.74) is 7.64. The number of benzene rings is 1. The van der Waals surface area contributed by atoms with Crippen LogP contribution in [0, 0.1) is 0 Å². The van der Waals surface area contributed by atoms with E-state index in [2.05, 4.69) is 17.1 Å². The van der Waals surface area contributed by atoms with Gasteiger partial charge < -0.3 is 15.8 Å². The Kier molecular flexibility index (Phi) is 5.44. The molecule has 3 N–H and O–H groups in total. The monoisotopic (exact) mass is 291 g/mol. The molecule has 1 heterocycles. The molecular formula is C16H25N3O2. The van der Waals surface area contributed by atoms with Crippen LogP contribution in [0.1, 0.15) is 37.0 Å². The largest absolute Gasteiger partial charge is 0.462 e. The van der Waals surface area contributed by atoms with Gasteiger partial charge >= 0.3 is 5.97 Å². The third kappa shape index (κ3) is 3.88. The second-order valence-corrected chi connectivity index (χ2v) is 5.33. The molecule has 1 unspecified atom stereocenters. The Labute approximate surface area is 126 Å². The topological polar surface area (TPSA) is 67.6 Å². The molecule has 0 radical (unpaired) electrons. The number of carbonyl (C=O) groups is 1. The second-order valence-electron chi connectivity index (χ2n) is 5.33. The minimum Gasteiger partial charge on any atom is -0.462 e. The molecule has 1 atom stereocenters. The molecule has 21 heavy (non-hydrogen) atoms. The minimum absolute atomic E-state index is 0.351. The maximum absolute atomic E-state index is 11.8. The van der Waals surface area contributed by atoms with Crippen LogP contribution in [0.25, 0.3) is 0 Å². The molecule has 0 spiro atoms. The Hall–Kier alpha value is -1.75. The van der Waals surface area contributed by atoms with Crippen molar-refractivity contribution in [3.05, 3.63) is 23.8 Å². The molecular weight excluding hydrogens is 266 g/mol. The lowest BCUT2D eigenvalue weighted by molar-refractivity contribution is 0.0527. The number of nitrogens with two attached hydrogens (primary N) is 1. The maximum Gasteiger partial charge on any atom is 0.340 e. The number of ether oxygens (including phenoxy) is 1. The first kappa shape index (κ1) is 15.6. The lowest BCUT2D eigenvalue weighted by Crippen LogP contribution is -2.34. The smallest absolute Gasteiger partial charge is 0.340 e. The van der Waals surface area contributed by atoms with Gasteiger partial charge in [0.25, 0.3) is 0 Å². The average molecular weight is 291 g/mol. The van der Waals surface area contributed by atoms with Gasteiger partial charge in [-0.25, -0.2) is 4.79 Å². The van der Waals surface area contributed by atoms with Gasteiger partial charge in [0, 0.05) is 24.0 Å². The Morgan fingerprint density at radius 1 is 1.48 bits per heavy atom. The van der Waals surface area contributed by atoms with Gasteiger partial charge in [-0.3, -0.25) is 4.90 Å². The first-order valence-corrected chi connectivity index (χ1v) is 7.70. The van der Waals surface area contributed by atoms with Gasteiger partial charge in [-0.05, 0) is 51.1 Å². The highest BCUT2D eigenvalue weighted by atomic mass is 16.5. The first-order chi connectivity index (χ1) is 10.2. The van der Waals surface area contributed by atoms with Crippen LogP contribution < -0.4 is 11.1 Å². The van der Waals surface area contributed by atoms with Gasteiger partial charge in [0.2, 0.25) is 0 Å². The fourth-order valence-corrected chi connectivity index (χ4v) is 2.83. The number of nitrogens with one attached hydrogen (secondary N) is 1. The Bertz CT molecular complexity index is 490. The van der Waals surface area contributed by atoms with Crippen molar-refractivity contribution in [2.45, 2.75) is 32.7 Å². The number of rotatable bonds is 6. The summed E-state index contributed by atoms with van der Waals surface area (Å²) in [6.45, 7) is 7.49. The number of nitrogen functional groups attached to an aromatic ring is 1. The molecule has 2 rings (SSSR count). The van der Waals surface area contributed by atoms with Gasteiger partial charge in [-0.15, -0.1) is 0 Å². The molecule has 116 valence electrons. The van der Waals surface area contributed by atoms with E-state index in [-0.39, 0.29) is 5.97 Å². The van der Waals surface area contributed by atoms with Gasteiger partial charge in [-0.1, -0.05) is 6.92 Å². The van der Waals surface area contributed by atoms with Crippen LogP contribution in [-0.4, -0.2) is 43.2 Å². The zero-order chi connectivity index (χ0) is 15.2. The van der Waals surface area contributed by atoms with E-state index in [1.807, 2.05) is 6.07 Å². The van der Waals surface area contributed by atoms with Gasteiger partial charge in [0.15, 0.2) is 0 Å². The van der Waals surface area contributed by atoms with Crippen LogP contribution in [-0.2, 0) is 4.74 Å². The fraction of sp³-hybridized carbons (Fsp3) is 0.562. The van der Waals surface area contributed by atoms with Crippen LogP contribution in [0.4, 0.5) is 11.4 Å². The van der Waals surface area contributed by atoms with E-state index in [1.165, 1.54) is 19.4 Å². The quantitative estimate of drug-likeness (QED) is 0.622. The van der Waals surface area contributed by atoms with E-state index in [0.717, 1.165) is 18.8 Å². The number of carbonyl (C=O) groups excluding carboxylic acids is 1. The second kappa shape index (κ2) is 7.31. The number of likely N-dealkylation sites (N-methyl/N-ethyl adjacent to an activating group) is 1. The average Bonchev–Trinajstić information content (AvgIpc) is 2.94. The highest BCUT2D eigenvalue weighted by Gasteiger charge is 2.22. The summed E-state index contributed by atoms with van der Waals surface area (Å²) in [6, 6.07) is 6.00. The fourth-order valence-electron chi connectivity index (χ4n) is 2.83. The van der Waals surface area contributed by atoms with Crippen LogP contribution in [0.15, 0.2) is 18.2 Å². The molecule has 1 aliphatic rings. The summed E-state index contributed by atoms with van der Waals surface area (Å²) < 4.78 is 5.02. The van der Waals surface area contributed by atoms with E-state index < -0.39 is 0 Å². The van der Waals surface area contributed by atoms with Crippen molar-refractivity contribution in [2.75, 3.05) is 37.3 Å². The maximum atomic E-state index is 11.8. The third-order valence-electron chi connectivity index (χ3n) is 4.00. The molecule has 0 amide bonds. The zero-order valence-electron chi connectivity index (χ0n) is 12.9. The number of nitrogens with zero attached hydrogens (tertiary/aromatic N) is 1. The molecule has 1 aromatic rings. The SMILES string of the molecule is CCOC(=O)c1cc(NCC2CCCN2CC)ccc1N. The normalized spacial score (nSPS) is 18.7. The first-order valence-electron chi connectivity index (χ1n) is 7.70. The van der Waals surface area contributed by atoms with Crippen LogP contribution in [0.5, 0.6) is 0 Å². The van der Waals surface area contributed by atoms with Gasteiger partial charge in [0.1, 0.15) is 0 Å². The van der Waals surface area contributed by atoms with Crippen molar-refractivity contribution in [3.8, 4) is 0 Å². The standard InChI is InChI=1S/C16H25N3O2/c1-3-19-9-5-6-13(19)11-18-12-7-8-15(17)14(10-12)16(20)21-4-2/h7-8,10,13,18H,3-6,9,11,17H2,1-2H3. The van der Waals surface area contributed by atoms with Crippen molar-refractivity contribution >= 4 is 17.3 Å². The van der Waals surface area contributed by atoms with Crippen molar-refractivity contribution < 1.29 is 9.53 Å². The number of hydrogen-bond acceptors (Lipinski definition) is 5. The molecule has 1 aliphatic heterocycles. The highest BCUT2D eigenvalue weighted by molar-refractivity contribution is 5.96. The molecule has 1 aromatic carbocycles. The third-order valence-corrected chi connectivity index (χ3v) is 4.00. The summed E-state index contributed by atoms with van der Waals surface area (Å²) in [6.07, 6.45) is 2.48. The van der Waals surface area contributed by atoms with Crippen molar-refractivity contribution in [1.29, 1.82) is 0 Å². The summed E-state index contributed by atoms with van der Waals surface area (Å²) in [5, 5.41) is 3.41. The summed E-state index contributed by atoms with van der Waals surface area (Å²) >= 11 is 0. The highest BCUT2D eigenvalue weighted by Crippen LogP contribution is 2.21. The van der Waals surface area contributed by atoms with E-state index in [4.69, 9.17) is 10.5 Å². The Morgan fingerprint density at radius 3 is 3.00 bits per heavy atom. The molecule has 0 aliphatic carbocycles. The molecule has 5 nitrogen and oxygen atoms in total. The molecule has 0 aromatic heterocycles. The van der Waals surface area contributed by atoms with Gasteiger partial charge in [-0.2, -0.15) is 0 Å². The summed E-state index contributed by atoms with van der Waals surface area (Å²) in [4.78, 5) is 14.3. The van der Waals surface area contributed by atoms with Crippen molar-refractivity contribution in [1.82, 2.24) is 4.90 Å². The predicted molar refractivity (Wildman–Crippen MR) is 85.6 cm³/mol.